The van der Waals surface area contributed by atoms with Crippen LogP contribution in [0.15, 0.2) is 30.3 Å². The Bertz CT molecular complexity index is 518. The standard InChI is InChI=1S/C16H22N2O3/c1-16(15(20)21)9-5-6-10-18(16)14(19)13(17)11-12-7-3-2-4-8-12/h2-4,7-8,13H,5-6,9-11,17H2,1H3,(H,20,21)/t13-,16?/m1/s1. The average molecular weight is 290 g/mol. The molecular formula is C16H22N2O3. The largest absolute Gasteiger partial charge is 0.480 e. The lowest BCUT2D eigenvalue weighted by atomic mass is 9.87. The van der Waals surface area contributed by atoms with Gasteiger partial charge in [0.05, 0.1) is 6.04 Å². The summed E-state index contributed by atoms with van der Waals surface area (Å²) in [5.41, 5.74) is 5.86. The van der Waals surface area contributed by atoms with Crippen molar-refractivity contribution in [2.75, 3.05) is 6.54 Å². The fraction of sp³-hybridized carbons (Fsp3) is 0.500. The summed E-state index contributed by atoms with van der Waals surface area (Å²) in [5.74, 6) is -1.23. The highest BCUT2D eigenvalue weighted by Gasteiger charge is 2.44. The van der Waals surface area contributed by atoms with Gasteiger partial charge in [0, 0.05) is 6.54 Å². The fourth-order valence-electron chi connectivity index (χ4n) is 2.85. The van der Waals surface area contributed by atoms with Gasteiger partial charge in [-0.25, -0.2) is 4.79 Å². The lowest BCUT2D eigenvalue weighted by Crippen LogP contribution is -2.61. The van der Waals surface area contributed by atoms with Crippen LogP contribution >= 0.6 is 0 Å². The molecule has 1 unspecified atom stereocenters. The minimum absolute atomic E-state index is 0.275. The maximum atomic E-state index is 12.6. The van der Waals surface area contributed by atoms with Crippen LogP contribution in [-0.2, 0) is 16.0 Å². The first-order valence-electron chi connectivity index (χ1n) is 7.29. The number of likely N-dealkylation sites (tertiary alicyclic amines) is 1. The third-order valence-corrected chi connectivity index (χ3v) is 4.23. The van der Waals surface area contributed by atoms with Crippen molar-refractivity contribution >= 4 is 11.9 Å². The molecule has 1 amide bonds. The molecule has 1 aromatic carbocycles. The highest BCUT2D eigenvalue weighted by Crippen LogP contribution is 2.29. The van der Waals surface area contributed by atoms with E-state index in [4.69, 9.17) is 5.73 Å². The first-order chi connectivity index (χ1) is 9.95. The van der Waals surface area contributed by atoms with Crippen LogP contribution in [-0.4, -0.2) is 40.0 Å². The van der Waals surface area contributed by atoms with E-state index < -0.39 is 17.6 Å². The smallest absolute Gasteiger partial charge is 0.329 e. The van der Waals surface area contributed by atoms with Crippen molar-refractivity contribution in [3.05, 3.63) is 35.9 Å². The third kappa shape index (κ3) is 3.24. The Labute approximate surface area is 124 Å². The topological polar surface area (TPSA) is 83.6 Å². The SMILES string of the molecule is CC1(C(=O)O)CCCCN1C(=O)[C@H](N)Cc1ccccc1. The molecule has 1 aliphatic heterocycles. The number of amides is 1. The molecular weight excluding hydrogens is 268 g/mol. The van der Waals surface area contributed by atoms with Gasteiger partial charge in [-0.1, -0.05) is 30.3 Å². The van der Waals surface area contributed by atoms with Gasteiger partial charge in [0.2, 0.25) is 5.91 Å². The number of carbonyl (C=O) groups excluding carboxylic acids is 1. The molecule has 114 valence electrons. The first kappa shape index (κ1) is 15.5. The molecule has 0 bridgehead atoms. The molecule has 1 heterocycles. The molecule has 0 aliphatic carbocycles. The number of nitrogens with two attached hydrogens (primary N) is 1. The number of carboxylic acids is 1. The quantitative estimate of drug-likeness (QED) is 0.878. The molecule has 2 atom stereocenters. The van der Waals surface area contributed by atoms with Crippen molar-refractivity contribution in [3.8, 4) is 0 Å². The van der Waals surface area contributed by atoms with Gasteiger partial charge in [0.15, 0.2) is 0 Å². The molecule has 0 spiro atoms. The van der Waals surface area contributed by atoms with E-state index in [9.17, 15) is 14.7 Å². The van der Waals surface area contributed by atoms with Crippen LogP contribution in [0.2, 0.25) is 0 Å². The van der Waals surface area contributed by atoms with Gasteiger partial charge in [-0.15, -0.1) is 0 Å². The van der Waals surface area contributed by atoms with Gasteiger partial charge in [0.1, 0.15) is 5.54 Å². The predicted octanol–water partition coefficient (Wildman–Crippen LogP) is 1.41. The Morgan fingerprint density at radius 2 is 2.00 bits per heavy atom. The normalized spacial score (nSPS) is 23.6. The van der Waals surface area contributed by atoms with Crippen LogP contribution in [0.5, 0.6) is 0 Å². The second-order valence-electron chi connectivity index (χ2n) is 5.82. The maximum Gasteiger partial charge on any atom is 0.329 e. The van der Waals surface area contributed by atoms with Crippen molar-refractivity contribution in [1.29, 1.82) is 0 Å². The zero-order valence-electron chi connectivity index (χ0n) is 12.3. The average Bonchev–Trinajstić information content (AvgIpc) is 2.48. The number of benzene rings is 1. The highest BCUT2D eigenvalue weighted by atomic mass is 16.4. The number of hydrogen-bond donors (Lipinski definition) is 2. The molecule has 5 nitrogen and oxygen atoms in total. The summed E-state index contributed by atoms with van der Waals surface area (Å²) in [6, 6.07) is 8.83. The molecule has 1 fully saturated rings. The lowest BCUT2D eigenvalue weighted by molar-refractivity contribution is -0.161. The Morgan fingerprint density at radius 3 is 2.62 bits per heavy atom. The Hall–Kier alpha value is -1.88. The van der Waals surface area contributed by atoms with Crippen LogP contribution in [0, 0.1) is 0 Å². The minimum atomic E-state index is -1.14. The van der Waals surface area contributed by atoms with Gasteiger partial charge in [-0.05, 0) is 38.2 Å². The summed E-state index contributed by atoms with van der Waals surface area (Å²) in [6.45, 7) is 2.08. The van der Waals surface area contributed by atoms with Gasteiger partial charge in [-0.2, -0.15) is 0 Å². The number of piperidine rings is 1. The molecule has 2 rings (SSSR count). The van der Waals surface area contributed by atoms with Crippen molar-refractivity contribution in [1.82, 2.24) is 4.90 Å². The van der Waals surface area contributed by atoms with Gasteiger partial charge >= 0.3 is 5.97 Å². The molecule has 0 aromatic heterocycles. The van der Waals surface area contributed by atoms with Crippen LogP contribution < -0.4 is 5.73 Å². The summed E-state index contributed by atoms with van der Waals surface area (Å²) in [4.78, 5) is 25.5. The summed E-state index contributed by atoms with van der Waals surface area (Å²) in [5, 5.41) is 9.45. The number of hydrogen-bond acceptors (Lipinski definition) is 3. The highest BCUT2D eigenvalue weighted by molar-refractivity contribution is 5.89. The van der Waals surface area contributed by atoms with Crippen LogP contribution in [0.1, 0.15) is 31.7 Å². The number of nitrogens with zero attached hydrogens (tertiary/aromatic N) is 1. The fourth-order valence-corrected chi connectivity index (χ4v) is 2.85. The molecule has 0 radical (unpaired) electrons. The van der Waals surface area contributed by atoms with Crippen LogP contribution in [0.3, 0.4) is 0 Å². The zero-order valence-corrected chi connectivity index (χ0v) is 12.3. The van der Waals surface area contributed by atoms with Crippen molar-refractivity contribution in [2.45, 2.75) is 44.2 Å². The number of carboxylic acid groups (broad SMARTS) is 1. The Balaban J connectivity index is 2.12. The summed E-state index contributed by atoms with van der Waals surface area (Å²) < 4.78 is 0. The van der Waals surface area contributed by atoms with E-state index >= 15 is 0 Å². The Kier molecular flexibility index (Phi) is 4.63. The van der Waals surface area contributed by atoms with E-state index in [1.165, 1.54) is 4.90 Å². The number of carbonyl (C=O) groups is 2. The number of aliphatic carboxylic acids is 1. The summed E-state index contributed by atoms with van der Waals surface area (Å²) >= 11 is 0. The van der Waals surface area contributed by atoms with E-state index in [1.54, 1.807) is 6.92 Å². The summed E-state index contributed by atoms with van der Waals surface area (Å²) in [7, 11) is 0. The van der Waals surface area contributed by atoms with Crippen molar-refractivity contribution in [3.63, 3.8) is 0 Å². The second kappa shape index (κ2) is 6.26. The van der Waals surface area contributed by atoms with E-state index in [-0.39, 0.29) is 5.91 Å². The lowest BCUT2D eigenvalue weighted by Gasteiger charge is -2.42. The molecule has 0 saturated carbocycles. The van der Waals surface area contributed by atoms with Crippen LogP contribution in [0.4, 0.5) is 0 Å². The minimum Gasteiger partial charge on any atom is -0.480 e. The zero-order chi connectivity index (χ0) is 15.5. The first-order valence-corrected chi connectivity index (χ1v) is 7.29. The van der Waals surface area contributed by atoms with Gasteiger partial charge in [0.25, 0.3) is 0 Å². The molecule has 1 aliphatic rings. The van der Waals surface area contributed by atoms with E-state index in [2.05, 4.69) is 0 Å². The van der Waals surface area contributed by atoms with Crippen molar-refractivity contribution < 1.29 is 14.7 Å². The molecule has 3 N–H and O–H groups in total. The second-order valence-corrected chi connectivity index (χ2v) is 5.82. The molecule has 1 aromatic rings. The molecule has 5 heteroatoms. The van der Waals surface area contributed by atoms with E-state index in [1.807, 2.05) is 30.3 Å². The number of rotatable bonds is 4. The summed E-state index contributed by atoms with van der Waals surface area (Å²) in [6.07, 6.45) is 2.55. The predicted molar refractivity (Wildman–Crippen MR) is 79.7 cm³/mol. The van der Waals surface area contributed by atoms with Gasteiger partial charge in [-0.3, -0.25) is 4.79 Å². The van der Waals surface area contributed by atoms with Crippen LogP contribution in [0.25, 0.3) is 0 Å². The third-order valence-electron chi connectivity index (χ3n) is 4.23. The van der Waals surface area contributed by atoms with E-state index in [0.717, 1.165) is 18.4 Å². The Morgan fingerprint density at radius 1 is 1.33 bits per heavy atom. The maximum absolute atomic E-state index is 12.6. The van der Waals surface area contributed by atoms with Gasteiger partial charge < -0.3 is 15.7 Å². The van der Waals surface area contributed by atoms with Crippen molar-refractivity contribution in [2.24, 2.45) is 5.73 Å². The monoisotopic (exact) mass is 290 g/mol. The van der Waals surface area contributed by atoms with E-state index in [0.29, 0.717) is 19.4 Å². The molecule has 1 saturated heterocycles. The molecule has 21 heavy (non-hydrogen) atoms.